The average Bonchev–Trinajstić information content (AvgIpc) is 3.14. The van der Waals surface area contributed by atoms with Gasteiger partial charge in [0, 0.05) is 61.6 Å². The number of amides is 1. The second kappa shape index (κ2) is 8.66. The van der Waals surface area contributed by atoms with Crippen LogP contribution in [0.4, 0.5) is 0 Å². The number of nitrogens with zero attached hydrogens (tertiary/aromatic N) is 2. The predicted molar refractivity (Wildman–Crippen MR) is 117 cm³/mol. The van der Waals surface area contributed by atoms with Crippen LogP contribution >= 0.6 is 0 Å². The average molecular weight is 402 g/mol. The summed E-state index contributed by atoms with van der Waals surface area (Å²) in [6, 6.07) is 14.1. The molecule has 1 unspecified atom stereocenters. The normalized spacial score (nSPS) is 15.7. The molecule has 2 aromatic heterocycles. The number of hydrogen-bond acceptors (Lipinski definition) is 3. The number of pyridine rings is 1. The molecule has 2 heterocycles. The molecule has 30 heavy (non-hydrogen) atoms. The summed E-state index contributed by atoms with van der Waals surface area (Å²) in [4.78, 5) is 35.6. The van der Waals surface area contributed by atoms with E-state index in [0.717, 1.165) is 33.6 Å². The number of aromatic amines is 1. The number of carbonyl (C=O) groups is 2. The lowest BCUT2D eigenvalue weighted by atomic mass is 9.83. The predicted octanol–water partition coefficient (Wildman–Crippen LogP) is 4.28. The van der Waals surface area contributed by atoms with Crippen molar-refractivity contribution in [3.63, 3.8) is 0 Å². The van der Waals surface area contributed by atoms with Gasteiger partial charge in [-0.3, -0.25) is 14.6 Å². The Morgan fingerprint density at radius 3 is 2.43 bits per heavy atom. The van der Waals surface area contributed by atoms with Gasteiger partial charge in [0.25, 0.3) is 0 Å². The van der Waals surface area contributed by atoms with Gasteiger partial charge in [0.05, 0.1) is 11.6 Å². The molecule has 5 heteroatoms. The van der Waals surface area contributed by atoms with E-state index in [-0.39, 0.29) is 24.0 Å². The topological polar surface area (TPSA) is 66.1 Å². The van der Waals surface area contributed by atoms with Gasteiger partial charge in [-0.25, -0.2) is 0 Å². The molecule has 3 aromatic rings. The molecule has 0 aliphatic heterocycles. The molecule has 1 atom stereocenters. The lowest BCUT2D eigenvalue weighted by Crippen LogP contribution is -2.39. The van der Waals surface area contributed by atoms with E-state index in [2.05, 4.69) is 22.1 Å². The first-order valence-corrected chi connectivity index (χ1v) is 10.6. The van der Waals surface area contributed by atoms with Crippen LogP contribution in [0.3, 0.4) is 0 Å². The van der Waals surface area contributed by atoms with Crippen LogP contribution in [0.2, 0.25) is 0 Å². The lowest BCUT2D eigenvalue weighted by Gasteiger charge is -2.27. The van der Waals surface area contributed by atoms with Crippen LogP contribution < -0.4 is 0 Å². The van der Waals surface area contributed by atoms with Crippen molar-refractivity contribution in [2.45, 2.75) is 33.1 Å². The molecule has 1 amide bonds. The Morgan fingerprint density at radius 2 is 1.77 bits per heavy atom. The quantitative estimate of drug-likeness (QED) is 0.670. The van der Waals surface area contributed by atoms with E-state index in [0.29, 0.717) is 25.9 Å². The largest absolute Gasteiger partial charge is 0.358 e. The highest BCUT2D eigenvalue weighted by Crippen LogP contribution is 2.36. The molecule has 1 aromatic carbocycles. The van der Waals surface area contributed by atoms with Crippen molar-refractivity contribution in [3.05, 3.63) is 77.2 Å². The zero-order valence-electron chi connectivity index (χ0n) is 17.5. The van der Waals surface area contributed by atoms with Crippen molar-refractivity contribution in [2.24, 2.45) is 5.92 Å². The van der Waals surface area contributed by atoms with E-state index < -0.39 is 0 Å². The van der Waals surface area contributed by atoms with Crippen LogP contribution in [0.25, 0.3) is 11.3 Å². The minimum Gasteiger partial charge on any atom is -0.358 e. The Bertz CT molecular complexity index is 1040. The zero-order chi connectivity index (χ0) is 21.1. The van der Waals surface area contributed by atoms with Crippen LogP contribution in [0.1, 0.15) is 47.4 Å². The monoisotopic (exact) mass is 401 g/mol. The summed E-state index contributed by atoms with van der Waals surface area (Å²) in [5.41, 5.74) is 5.79. The number of aromatic nitrogens is 2. The number of hydrogen-bond donors (Lipinski definition) is 1. The Hall–Kier alpha value is -3.21. The Balaban J connectivity index is 1.76. The third-order valence-electron chi connectivity index (χ3n) is 5.96. The Labute approximate surface area is 177 Å². The second-order valence-corrected chi connectivity index (χ2v) is 7.77. The van der Waals surface area contributed by atoms with Gasteiger partial charge in [-0.2, -0.15) is 0 Å². The number of H-pyrrole nitrogens is 1. The van der Waals surface area contributed by atoms with Crippen LogP contribution in [0.5, 0.6) is 0 Å². The summed E-state index contributed by atoms with van der Waals surface area (Å²) < 4.78 is 0. The zero-order valence-corrected chi connectivity index (χ0v) is 17.5. The molecule has 0 saturated heterocycles. The van der Waals surface area contributed by atoms with Crippen molar-refractivity contribution < 1.29 is 9.59 Å². The molecule has 1 N–H and O–H groups in total. The molecule has 5 nitrogen and oxygen atoms in total. The van der Waals surface area contributed by atoms with E-state index >= 15 is 0 Å². The third-order valence-corrected chi connectivity index (χ3v) is 5.96. The molecule has 1 aliphatic rings. The number of benzene rings is 1. The number of carbonyl (C=O) groups excluding carboxylic acids is 2. The molecule has 0 radical (unpaired) electrons. The maximum atomic E-state index is 13.3. The fraction of sp³-hybridized carbons (Fsp3) is 0.320. The van der Waals surface area contributed by atoms with E-state index in [1.54, 1.807) is 12.4 Å². The van der Waals surface area contributed by atoms with Gasteiger partial charge in [0.2, 0.25) is 5.91 Å². The summed E-state index contributed by atoms with van der Waals surface area (Å²) in [6.07, 6.45) is 5.04. The minimum absolute atomic E-state index is 0.0595. The summed E-state index contributed by atoms with van der Waals surface area (Å²) in [7, 11) is 0. The Morgan fingerprint density at radius 1 is 1.07 bits per heavy atom. The maximum absolute atomic E-state index is 13.3. The van der Waals surface area contributed by atoms with Gasteiger partial charge in [-0.05, 0) is 37.1 Å². The SMILES string of the molecule is CCN(CC)C(=O)C1CC(=O)c2c([nH]c(-c3ccncc3)c2Cc2ccccc2)C1. The van der Waals surface area contributed by atoms with Gasteiger partial charge >= 0.3 is 0 Å². The van der Waals surface area contributed by atoms with Gasteiger partial charge in [0.1, 0.15) is 0 Å². The number of fused-ring (bicyclic) bond motifs is 1. The summed E-state index contributed by atoms with van der Waals surface area (Å²) >= 11 is 0. The van der Waals surface area contributed by atoms with Gasteiger partial charge in [-0.15, -0.1) is 0 Å². The van der Waals surface area contributed by atoms with Gasteiger partial charge in [0.15, 0.2) is 5.78 Å². The van der Waals surface area contributed by atoms with E-state index in [1.807, 2.05) is 49.1 Å². The second-order valence-electron chi connectivity index (χ2n) is 7.77. The highest BCUT2D eigenvalue weighted by molar-refractivity contribution is 6.04. The standard InChI is InChI=1S/C25H27N3O2/c1-3-28(4-2)25(30)19-15-21-23(22(29)16-19)20(14-17-8-6-5-7-9-17)24(27-21)18-10-12-26-13-11-18/h5-13,19,27H,3-4,14-16H2,1-2H3. The molecule has 0 saturated carbocycles. The highest BCUT2D eigenvalue weighted by Gasteiger charge is 2.35. The lowest BCUT2D eigenvalue weighted by molar-refractivity contribution is -0.135. The van der Waals surface area contributed by atoms with Crippen molar-refractivity contribution in [1.82, 2.24) is 14.9 Å². The fourth-order valence-corrected chi connectivity index (χ4v) is 4.44. The number of rotatable bonds is 6. The number of ketones is 1. The molecule has 154 valence electrons. The fourth-order valence-electron chi connectivity index (χ4n) is 4.44. The summed E-state index contributed by atoms with van der Waals surface area (Å²) in [6.45, 7) is 5.29. The van der Waals surface area contributed by atoms with Crippen molar-refractivity contribution in [3.8, 4) is 11.3 Å². The Kier molecular flexibility index (Phi) is 5.79. The first kappa shape index (κ1) is 20.1. The first-order chi connectivity index (χ1) is 14.6. The highest BCUT2D eigenvalue weighted by atomic mass is 16.2. The minimum atomic E-state index is -0.293. The van der Waals surface area contributed by atoms with Crippen LogP contribution in [-0.4, -0.2) is 39.6 Å². The summed E-state index contributed by atoms with van der Waals surface area (Å²) in [5.74, 6) is -0.161. The summed E-state index contributed by atoms with van der Waals surface area (Å²) in [5, 5.41) is 0. The van der Waals surface area contributed by atoms with Gasteiger partial charge in [-0.1, -0.05) is 30.3 Å². The van der Waals surface area contributed by atoms with Crippen LogP contribution in [0.15, 0.2) is 54.9 Å². The van der Waals surface area contributed by atoms with Crippen molar-refractivity contribution >= 4 is 11.7 Å². The third kappa shape index (κ3) is 3.80. The molecule has 0 spiro atoms. The number of nitrogens with one attached hydrogen (secondary N) is 1. The molecule has 0 fully saturated rings. The maximum Gasteiger partial charge on any atom is 0.226 e. The van der Waals surface area contributed by atoms with Gasteiger partial charge < -0.3 is 9.88 Å². The molecular weight excluding hydrogens is 374 g/mol. The van der Waals surface area contributed by atoms with Crippen molar-refractivity contribution in [1.29, 1.82) is 0 Å². The van der Waals surface area contributed by atoms with E-state index in [9.17, 15) is 9.59 Å². The molecule has 1 aliphatic carbocycles. The smallest absolute Gasteiger partial charge is 0.226 e. The van der Waals surface area contributed by atoms with Crippen molar-refractivity contribution in [2.75, 3.05) is 13.1 Å². The van der Waals surface area contributed by atoms with E-state index in [4.69, 9.17) is 0 Å². The van der Waals surface area contributed by atoms with Crippen LogP contribution in [0, 0.1) is 5.92 Å². The van der Waals surface area contributed by atoms with E-state index in [1.165, 1.54) is 0 Å². The molecule has 4 rings (SSSR count). The number of Topliss-reactive ketones (excluding diaryl/α,β-unsaturated/α-hetero) is 1. The molecular formula is C25H27N3O2. The van der Waals surface area contributed by atoms with Crippen LogP contribution in [-0.2, 0) is 17.6 Å². The molecule has 0 bridgehead atoms. The first-order valence-electron chi connectivity index (χ1n) is 10.6.